The summed E-state index contributed by atoms with van der Waals surface area (Å²) in [6.45, 7) is 8.20. The van der Waals surface area contributed by atoms with Crippen LogP contribution in [0.4, 0.5) is 0 Å². The van der Waals surface area contributed by atoms with Crippen LogP contribution >= 0.6 is 11.6 Å². The topological polar surface area (TPSA) is 50.3 Å². The number of rotatable bonds is 5. The Kier molecular flexibility index (Phi) is 5.66. The van der Waals surface area contributed by atoms with E-state index in [4.69, 9.17) is 17.3 Å². The van der Waals surface area contributed by atoms with Crippen LogP contribution in [0.25, 0.3) is 0 Å². The van der Waals surface area contributed by atoms with Crippen molar-refractivity contribution in [3.8, 4) is 0 Å². The molecule has 5 nitrogen and oxygen atoms in total. The van der Waals surface area contributed by atoms with E-state index in [1.807, 2.05) is 4.68 Å². The number of nitrogens with zero attached hydrogens (tertiary/aromatic N) is 4. The molecule has 1 aliphatic heterocycles. The van der Waals surface area contributed by atoms with Crippen LogP contribution in [-0.2, 0) is 19.4 Å². The van der Waals surface area contributed by atoms with Crippen LogP contribution in [0, 0.1) is 0 Å². The summed E-state index contributed by atoms with van der Waals surface area (Å²) in [4.78, 5) is 4.71. The van der Waals surface area contributed by atoms with E-state index in [2.05, 4.69) is 42.8 Å². The first kappa shape index (κ1) is 16.7. The van der Waals surface area contributed by atoms with Gasteiger partial charge in [-0.15, -0.1) is 0 Å². The van der Waals surface area contributed by atoms with E-state index in [1.54, 1.807) is 0 Å². The highest BCUT2D eigenvalue weighted by atomic mass is 35.5. The quantitative estimate of drug-likeness (QED) is 0.888. The zero-order valence-electron chi connectivity index (χ0n) is 13.6. The van der Waals surface area contributed by atoms with E-state index >= 15 is 0 Å². The van der Waals surface area contributed by atoms with Gasteiger partial charge in [-0.3, -0.25) is 9.58 Å². The number of likely N-dealkylation sites (N-methyl/N-ethyl adjacent to an activating group) is 2. The van der Waals surface area contributed by atoms with E-state index in [1.165, 1.54) is 0 Å². The second kappa shape index (κ2) is 7.09. The molecule has 0 aliphatic carbocycles. The molecule has 2 N–H and O–H groups in total. The highest BCUT2D eigenvalue weighted by Crippen LogP contribution is 2.24. The monoisotopic (exact) mass is 313 g/mol. The summed E-state index contributed by atoms with van der Waals surface area (Å²) in [7, 11) is 4.32. The molecule has 1 fully saturated rings. The molecular weight excluding hydrogens is 286 g/mol. The fraction of sp³-hybridized carbons (Fsp3) is 0.800. The summed E-state index contributed by atoms with van der Waals surface area (Å²) in [5, 5.41) is 5.39. The van der Waals surface area contributed by atoms with Gasteiger partial charge in [-0.1, -0.05) is 18.5 Å². The first-order valence-corrected chi connectivity index (χ1v) is 8.24. The summed E-state index contributed by atoms with van der Waals surface area (Å²) < 4.78 is 2.01. The molecule has 120 valence electrons. The van der Waals surface area contributed by atoms with Gasteiger partial charge in [0.2, 0.25) is 0 Å². The molecule has 21 heavy (non-hydrogen) atoms. The lowest BCUT2D eigenvalue weighted by atomic mass is 10.00. The highest BCUT2D eigenvalue weighted by Gasteiger charge is 2.29. The van der Waals surface area contributed by atoms with Crippen molar-refractivity contribution < 1.29 is 0 Å². The minimum atomic E-state index is 0.0713. The molecule has 0 radical (unpaired) electrons. The Morgan fingerprint density at radius 1 is 1.33 bits per heavy atom. The van der Waals surface area contributed by atoms with Gasteiger partial charge in [0.05, 0.1) is 16.4 Å². The Morgan fingerprint density at radius 2 is 2.05 bits per heavy atom. The van der Waals surface area contributed by atoms with E-state index in [9.17, 15) is 0 Å². The molecular formula is C15H28ClN5. The molecule has 2 unspecified atom stereocenters. The van der Waals surface area contributed by atoms with Gasteiger partial charge >= 0.3 is 0 Å². The Labute approximate surface area is 133 Å². The van der Waals surface area contributed by atoms with E-state index < -0.39 is 0 Å². The number of aromatic nitrogens is 2. The Bertz CT molecular complexity index is 473. The molecule has 1 aromatic heterocycles. The van der Waals surface area contributed by atoms with Crippen molar-refractivity contribution in [3.63, 3.8) is 0 Å². The summed E-state index contributed by atoms with van der Waals surface area (Å²) >= 11 is 6.49. The van der Waals surface area contributed by atoms with Gasteiger partial charge in [0.1, 0.15) is 0 Å². The van der Waals surface area contributed by atoms with Crippen LogP contribution in [0.15, 0.2) is 0 Å². The summed E-state index contributed by atoms with van der Waals surface area (Å²) in [6.07, 6.45) is 1.64. The Balaban J connectivity index is 2.15. The predicted octanol–water partition coefficient (Wildman–Crippen LogP) is 1.23. The van der Waals surface area contributed by atoms with Gasteiger partial charge in [-0.05, 0) is 27.4 Å². The number of aryl methyl sites for hydroxylation is 2. The normalized spacial score (nSPS) is 22.7. The lowest BCUT2D eigenvalue weighted by Crippen LogP contribution is -2.58. The van der Waals surface area contributed by atoms with Crippen molar-refractivity contribution in [2.75, 3.05) is 33.7 Å². The maximum Gasteiger partial charge on any atom is 0.0850 e. The molecule has 0 spiro atoms. The fourth-order valence-corrected chi connectivity index (χ4v) is 3.42. The van der Waals surface area contributed by atoms with Gasteiger partial charge in [0.15, 0.2) is 0 Å². The van der Waals surface area contributed by atoms with Crippen LogP contribution < -0.4 is 5.73 Å². The molecule has 0 bridgehead atoms. The van der Waals surface area contributed by atoms with Crippen molar-refractivity contribution in [1.29, 1.82) is 0 Å². The van der Waals surface area contributed by atoms with Gasteiger partial charge < -0.3 is 10.6 Å². The van der Waals surface area contributed by atoms with Crippen LogP contribution in [0.3, 0.4) is 0 Å². The number of piperazine rings is 1. The third-order valence-corrected chi connectivity index (χ3v) is 4.95. The van der Waals surface area contributed by atoms with Crippen molar-refractivity contribution in [2.45, 2.75) is 45.3 Å². The zero-order chi connectivity index (χ0) is 15.6. The molecule has 1 aromatic rings. The molecule has 1 aliphatic rings. The highest BCUT2D eigenvalue weighted by molar-refractivity contribution is 6.31. The molecule has 2 heterocycles. The van der Waals surface area contributed by atoms with Crippen LogP contribution in [0.2, 0.25) is 5.02 Å². The van der Waals surface area contributed by atoms with E-state index in [0.29, 0.717) is 6.04 Å². The van der Waals surface area contributed by atoms with Crippen LogP contribution in [0.5, 0.6) is 0 Å². The SMILES string of the molecule is CCc1nn(CC)c(CC(N)C2CN(C)CCN2C)c1Cl. The van der Waals surface area contributed by atoms with Gasteiger partial charge in [0.25, 0.3) is 0 Å². The van der Waals surface area contributed by atoms with Gasteiger partial charge in [-0.25, -0.2) is 0 Å². The molecule has 6 heteroatoms. The molecule has 0 saturated carbocycles. The smallest absolute Gasteiger partial charge is 0.0850 e. The standard InChI is InChI=1S/C15H28ClN5/c1-5-12-15(16)13(21(6-2)18-12)9-11(17)14-10-19(3)7-8-20(14)4/h11,14H,5-10,17H2,1-4H3. The van der Waals surface area contributed by atoms with Crippen molar-refractivity contribution in [1.82, 2.24) is 19.6 Å². The maximum atomic E-state index is 6.51. The zero-order valence-corrected chi connectivity index (χ0v) is 14.4. The van der Waals surface area contributed by atoms with Crippen LogP contribution in [0.1, 0.15) is 25.2 Å². The minimum absolute atomic E-state index is 0.0713. The number of nitrogens with two attached hydrogens (primary N) is 1. The molecule has 0 aromatic carbocycles. The van der Waals surface area contributed by atoms with Gasteiger partial charge in [0, 0.05) is 44.7 Å². The van der Waals surface area contributed by atoms with Crippen molar-refractivity contribution >= 4 is 11.6 Å². The Hall–Kier alpha value is -0.620. The van der Waals surface area contributed by atoms with Crippen LogP contribution in [-0.4, -0.2) is 65.4 Å². The first-order valence-electron chi connectivity index (χ1n) is 7.86. The number of halogens is 1. The third-order valence-electron chi connectivity index (χ3n) is 4.52. The van der Waals surface area contributed by atoms with E-state index in [-0.39, 0.29) is 6.04 Å². The first-order chi connectivity index (χ1) is 9.97. The molecule has 0 amide bonds. The second-order valence-corrected chi connectivity index (χ2v) is 6.43. The lowest BCUT2D eigenvalue weighted by molar-refractivity contribution is 0.0969. The molecule has 2 atom stereocenters. The summed E-state index contributed by atoms with van der Waals surface area (Å²) in [6, 6.07) is 0.437. The lowest BCUT2D eigenvalue weighted by Gasteiger charge is -2.40. The van der Waals surface area contributed by atoms with Gasteiger partial charge in [-0.2, -0.15) is 5.10 Å². The Morgan fingerprint density at radius 3 is 2.67 bits per heavy atom. The molecule has 1 saturated heterocycles. The number of hydrogen-bond donors (Lipinski definition) is 1. The largest absolute Gasteiger partial charge is 0.326 e. The fourth-order valence-electron chi connectivity index (χ4n) is 3.08. The summed E-state index contributed by atoms with van der Waals surface area (Å²) in [5.74, 6) is 0. The predicted molar refractivity (Wildman–Crippen MR) is 87.9 cm³/mol. The third kappa shape index (κ3) is 3.59. The second-order valence-electron chi connectivity index (χ2n) is 6.05. The maximum absolute atomic E-state index is 6.51. The summed E-state index contributed by atoms with van der Waals surface area (Å²) in [5.41, 5.74) is 8.58. The average molecular weight is 314 g/mol. The average Bonchev–Trinajstić information content (AvgIpc) is 2.77. The number of hydrogen-bond acceptors (Lipinski definition) is 4. The van der Waals surface area contributed by atoms with Crippen molar-refractivity contribution in [3.05, 3.63) is 16.4 Å². The molecule has 2 rings (SSSR count). The van der Waals surface area contributed by atoms with Crippen molar-refractivity contribution in [2.24, 2.45) is 5.73 Å². The minimum Gasteiger partial charge on any atom is -0.326 e. The van der Waals surface area contributed by atoms with E-state index in [0.717, 1.165) is 55.4 Å².